The molecule has 18 heavy (non-hydrogen) atoms. The monoisotopic (exact) mass is 253 g/mol. The summed E-state index contributed by atoms with van der Waals surface area (Å²) in [6.07, 6.45) is 3.62. The standard InChI is InChI=1S/C15H24FNO/c1-4-6-11(3)18-15-8-7-12(10-14(15)16)9-13(17)5-2/h7-8,10-11,13H,4-6,9,17H2,1-3H3. The number of nitrogens with two attached hydrogens (primary N) is 1. The molecule has 0 radical (unpaired) electrons. The Balaban J connectivity index is 2.67. The molecule has 0 heterocycles. The summed E-state index contributed by atoms with van der Waals surface area (Å²) in [5, 5.41) is 0. The fourth-order valence-electron chi connectivity index (χ4n) is 1.90. The molecule has 0 bridgehead atoms. The van der Waals surface area contributed by atoms with Crippen molar-refractivity contribution < 1.29 is 9.13 Å². The summed E-state index contributed by atoms with van der Waals surface area (Å²) in [6.45, 7) is 6.08. The van der Waals surface area contributed by atoms with Crippen LogP contribution in [-0.2, 0) is 6.42 Å². The Morgan fingerprint density at radius 1 is 1.33 bits per heavy atom. The second-order valence-electron chi connectivity index (χ2n) is 4.85. The van der Waals surface area contributed by atoms with Gasteiger partial charge in [-0.05, 0) is 43.9 Å². The molecule has 2 N–H and O–H groups in total. The van der Waals surface area contributed by atoms with Crippen molar-refractivity contribution in [3.63, 3.8) is 0 Å². The lowest BCUT2D eigenvalue weighted by atomic mass is 10.0. The molecule has 0 spiro atoms. The summed E-state index contributed by atoms with van der Waals surface area (Å²) in [5.74, 6) is 0.0449. The molecule has 1 rings (SSSR count). The number of halogens is 1. The fraction of sp³-hybridized carbons (Fsp3) is 0.600. The summed E-state index contributed by atoms with van der Waals surface area (Å²) < 4.78 is 19.4. The molecular formula is C15H24FNO. The molecule has 2 nitrogen and oxygen atoms in total. The van der Waals surface area contributed by atoms with Gasteiger partial charge in [0.25, 0.3) is 0 Å². The summed E-state index contributed by atoms with van der Waals surface area (Å²) in [6, 6.07) is 5.23. The zero-order chi connectivity index (χ0) is 13.5. The van der Waals surface area contributed by atoms with E-state index in [1.54, 1.807) is 6.07 Å². The predicted octanol–water partition coefficient (Wildman–Crippen LogP) is 3.67. The highest BCUT2D eigenvalue weighted by molar-refractivity contribution is 5.30. The van der Waals surface area contributed by atoms with Crippen LogP contribution < -0.4 is 10.5 Å². The minimum absolute atomic E-state index is 0.0493. The zero-order valence-electron chi connectivity index (χ0n) is 11.6. The highest BCUT2D eigenvalue weighted by atomic mass is 19.1. The molecule has 1 aromatic carbocycles. The average Bonchev–Trinajstić information content (AvgIpc) is 2.33. The van der Waals surface area contributed by atoms with Crippen LogP contribution in [0.5, 0.6) is 5.75 Å². The Kier molecular flexibility index (Phi) is 6.13. The third-order valence-electron chi connectivity index (χ3n) is 3.04. The second kappa shape index (κ2) is 7.37. The quantitative estimate of drug-likeness (QED) is 0.804. The third kappa shape index (κ3) is 4.65. The van der Waals surface area contributed by atoms with Gasteiger partial charge in [-0.3, -0.25) is 0 Å². The van der Waals surface area contributed by atoms with Gasteiger partial charge >= 0.3 is 0 Å². The molecule has 0 aliphatic carbocycles. The van der Waals surface area contributed by atoms with E-state index in [9.17, 15) is 4.39 Å². The Labute approximate surface area is 109 Å². The van der Waals surface area contributed by atoms with Crippen molar-refractivity contribution >= 4 is 0 Å². The maximum absolute atomic E-state index is 13.8. The molecule has 2 atom stereocenters. The van der Waals surface area contributed by atoms with E-state index in [2.05, 4.69) is 6.92 Å². The Morgan fingerprint density at radius 3 is 2.61 bits per heavy atom. The lowest BCUT2D eigenvalue weighted by molar-refractivity contribution is 0.200. The molecular weight excluding hydrogens is 229 g/mol. The largest absolute Gasteiger partial charge is 0.488 e. The number of hydrogen-bond donors (Lipinski definition) is 1. The number of ether oxygens (including phenoxy) is 1. The van der Waals surface area contributed by atoms with Gasteiger partial charge in [0.1, 0.15) is 0 Å². The van der Waals surface area contributed by atoms with Crippen molar-refractivity contribution in [2.24, 2.45) is 5.73 Å². The van der Waals surface area contributed by atoms with Gasteiger partial charge in [-0.15, -0.1) is 0 Å². The van der Waals surface area contributed by atoms with Crippen LogP contribution in [0.15, 0.2) is 18.2 Å². The molecule has 0 aliphatic heterocycles. The fourth-order valence-corrected chi connectivity index (χ4v) is 1.90. The zero-order valence-corrected chi connectivity index (χ0v) is 11.6. The van der Waals surface area contributed by atoms with E-state index in [1.165, 1.54) is 6.07 Å². The van der Waals surface area contributed by atoms with Gasteiger partial charge in [-0.2, -0.15) is 0 Å². The van der Waals surface area contributed by atoms with Gasteiger partial charge in [0.15, 0.2) is 11.6 Å². The molecule has 0 saturated carbocycles. The SMILES string of the molecule is CCCC(C)Oc1ccc(CC(N)CC)cc1F. The molecule has 0 amide bonds. The van der Waals surface area contributed by atoms with E-state index in [0.29, 0.717) is 12.2 Å². The van der Waals surface area contributed by atoms with Crippen LogP contribution in [0.2, 0.25) is 0 Å². The van der Waals surface area contributed by atoms with Crippen LogP contribution in [0.4, 0.5) is 4.39 Å². The third-order valence-corrected chi connectivity index (χ3v) is 3.04. The van der Waals surface area contributed by atoms with Crippen LogP contribution in [0.25, 0.3) is 0 Å². The van der Waals surface area contributed by atoms with Crippen LogP contribution >= 0.6 is 0 Å². The molecule has 0 aliphatic rings. The van der Waals surface area contributed by atoms with Crippen LogP contribution in [-0.4, -0.2) is 12.1 Å². The topological polar surface area (TPSA) is 35.2 Å². The maximum atomic E-state index is 13.8. The Hall–Kier alpha value is -1.09. The summed E-state index contributed by atoms with van der Waals surface area (Å²) >= 11 is 0. The first-order valence-corrected chi connectivity index (χ1v) is 6.77. The predicted molar refractivity (Wildman–Crippen MR) is 73.4 cm³/mol. The lowest BCUT2D eigenvalue weighted by Crippen LogP contribution is -2.21. The van der Waals surface area contributed by atoms with Gasteiger partial charge < -0.3 is 10.5 Å². The summed E-state index contributed by atoms with van der Waals surface area (Å²) in [5.41, 5.74) is 6.79. The number of benzene rings is 1. The van der Waals surface area contributed by atoms with Gasteiger partial charge in [0.05, 0.1) is 6.10 Å². The lowest BCUT2D eigenvalue weighted by Gasteiger charge is -2.15. The van der Waals surface area contributed by atoms with E-state index >= 15 is 0 Å². The highest BCUT2D eigenvalue weighted by Gasteiger charge is 2.10. The Morgan fingerprint density at radius 2 is 2.06 bits per heavy atom. The Bertz CT molecular complexity index is 368. The van der Waals surface area contributed by atoms with Crippen LogP contribution in [0.1, 0.15) is 45.6 Å². The van der Waals surface area contributed by atoms with Gasteiger partial charge in [-0.25, -0.2) is 4.39 Å². The average molecular weight is 253 g/mol. The molecule has 0 fully saturated rings. The van der Waals surface area contributed by atoms with Crippen LogP contribution in [0.3, 0.4) is 0 Å². The molecule has 0 aromatic heterocycles. The minimum atomic E-state index is -0.293. The molecule has 0 saturated heterocycles. The van der Waals surface area contributed by atoms with E-state index in [-0.39, 0.29) is 18.0 Å². The van der Waals surface area contributed by atoms with Crippen molar-refractivity contribution in [1.82, 2.24) is 0 Å². The van der Waals surface area contributed by atoms with Crippen molar-refractivity contribution in [1.29, 1.82) is 0 Å². The number of hydrogen-bond acceptors (Lipinski definition) is 2. The van der Waals surface area contributed by atoms with Gasteiger partial charge in [0.2, 0.25) is 0 Å². The first-order chi connectivity index (χ1) is 8.56. The van der Waals surface area contributed by atoms with Crippen molar-refractivity contribution in [3.05, 3.63) is 29.6 Å². The van der Waals surface area contributed by atoms with E-state index in [0.717, 1.165) is 24.8 Å². The summed E-state index contributed by atoms with van der Waals surface area (Å²) in [4.78, 5) is 0. The van der Waals surface area contributed by atoms with Crippen molar-refractivity contribution in [3.8, 4) is 5.75 Å². The van der Waals surface area contributed by atoms with Crippen molar-refractivity contribution in [2.45, 2.75) is 58.6 Å². The van der Waals surface area contributed by atoms with E-state index in [1.807, 2.05) is 19.9 Å². The highest BCUT2D eigenvalue weighted by Crippen LogP contribution is 2.21. The van der Waals surface area contributed by atoms with Crippen molar-refractivity contribution in [2.75, 3.05) is 0 Å². The summed E-state index contributed by atoms with van der Waals surface area (Å²) in [7, 11) is 0. The maximum Gasteiger partial charge on any atom is 0.165 e. The van der Waals surface area contributed by atoms with Crippen LogP contribution in [0, 0.1) is 5.82 Å². The number of rotatable bonds is 7. The van der Waals surface area contributed by atoms with Gasteiger partial charge in [-0.1, -0.05) is 26.3 Å². The first kappa shape index (κ1) is 15.0. The normalized spacial score (nSPS) is 14.3. The van der Waals surface area contributed by atoms with E-state index in [4.69, 9.17) is 10.5 Å². The molecule has 1 aromatic rings. The minimum Gasteiger partial charge on any atom is -0.488 e. The molecule has 3 heteroatoms. The molecule has 102 valence electrons. The molecule has 2 unspecified atom stereocenters. The smallest absolute Gasteiger partial charge is 0.165 e. The second-order valence-corrected chi connectivity index (χ2v) is 4.85. The van der Waals surface area contributed by atoms with E-state index < -0.39 is 0 Å². The van der Waals surface area contributed by atoms with Gasteiger partial charge in [0, 0.05) is 6.04 Å². The first-order valence-electron chi connectivity index (χ1n) is 6.77.